The number of tetrazole rings is 1. The van der Waals surface area contributed by atoms with Crippen LogP contribution in [0.5, 0.6) is 0 Å². The summed E-state index contributed by atoms with van der Waals surface area (Å²) in [5.41, 5.74) is 7.57. The summed E-state index contributed by atoms with van der Waals surface area (Å²) < 4.78 is 0. The fraction of sp³-hybridized carbons (Fsp3) is 0.429. The lowest BCUT2D eigenvalue weighted by Crippen LogP contribution is -2.29. The molecule has 0 saturated carbocycles. The molecule has 0 radical (unpaired) electrons. The molecule has 1 aromatic carbocycles. The van der Waals surface area contributed by atoms with Gasteiger partial charge < -0.3 is 11.1 Å². The van der Waals surface area contributed by atoms with E-state index >= 15 is 0 Å². The minimum Gasteiger partial charge on any atom is -0.399 e. The third-order valence-electron chi connectivity index (χ3n) is 3.26. The molecule has 0 spiro atoms. The summed E-state index contributed by atoms with van der Waals surface area (Å²) in [6.45, 7) is 2.05. The van der Waals surface area contributed by atoms with E-state index in [0.29, 0.717) is 24.4 Å². The number of aryl methyl sites for hydroxylation is 1. The highest BCUT2D eigenvalue weighted by Crippen LogP contribution is 2.15. The number of hydrogen-bond donors (Lipinski definition) is 3. The summed E-state index contributed by atoms with van der Waals surface area (Å²) in [7, 11) is 0. The van der Waals surface area contributed by atoms with Crippen LogP contribution in [-0.4, -0.2) is 26.5 Å². The van der Waals surface area contributed by atoms with E-state index in [9.17, 15) is 4.79 Å². The number of amides is 1. The SMILES string of the molecule is CCCC(NC(=O)CCc1ccccc1N)c1nn[nH]n1.Cl. The molecule has 1 atom stereocenters. The molecular weight excluding hydrogens is 304 g/mol. The molecule has 2 aromatic rings. The van der Waals surface area contributed by atoms with Crippen LogP contribution in [0.4, 0.5) is 5.69 Å². The minimum atomic E-state index is -0.200. The van der Waals surface area contributed by atoms with Gasteiger partial charge in [-0.25, -0.2) is 0 Å². The summed E-state index contributed by atoms with van der Waals surface area (Å²) in [5, 5.41) is 16.8. The molecule has 8 heteroatoms. The molecule has 0 aliphatic carbocycles. The van der Waals surface area contributed by atoms with Crippen LogP contribution < -0.4 is 11.1 Å². The van der Waals surface area contributed by atoms with Crippen LogP contribution >= 0.6 is 12.4 Å². The van der Waals surface area contributed by atoms with Crippen LogP contribution in [0.3, 0.4) is 0 Å². The van der Waals surface area contributed by atoms with Gasteiger partial charge >= 0.3 is 0 Å². The van der Waals surface area contributed by atoms with Gasteiger partial charge in [-0.15, -0.1) is 22.6 Å². The zero-order valence-electron chi connectivity index (χ0n) is 12.5. The van der Waals surface area contributed by atoms with Gasteiger partial charge in [-0.2, -0.15) is 5.21 Å². The van der Waals surface area contributed by atoms with Gasteiger partial charge in [0.15, 0.2) is 5.82 Å². The largest absolute Gasteiger partial charge is 0.399 e. The van der Waals surface area contributed by atoms with E-state index < -0.39 is 0 Å². The molecule has 0 fully saturated rings. The van der Waals surface area contributed by atoms with Gasteiger partial charge in [0.1, 0.15) is 0 Å². The number of aromatic amines is 1. The van der Waals surface area contributed by atoms with Crippen molar-refractivity contribution in [2.75, 3.05) is 5.73 Å². The predicted molar refractivity (Wildman–Crippen MR) is 86.4 cm³/mol. The third kappa shape index (κ3) is 5.00. The van der Waals surface area contributed by atoms with Crippen molar-refractivity contribution in [3.63, 3.8) is 0 Å². The van der Waals surface area contributed by atoms with E-state index in [2.05, 4.69) is 25.9 Å². The molecule has 120 valence electrons. The molecule has 1 unspecified atom stereocenters. The van der Waals surface area contributed by atoms with Crippen molar-refractivity contribution in [2.24, 2.45) is 0 Å². The first-order valence-corrected chi connectivity index (χ1v) is 7.06. The first-order valence-electron chi connectivity index (χ1n) is 7.06. The molecule has 0 bridgehead atoms. The maximum Gasteiger partial charge on any atom is 0.220 e. The van der Waals surface area contributed by atoms with Crippen LogP contribution in [0, 0.1) is 0 Å². The second kappa shape index (κ2) is 8.99. The van der Waals surface area contributed by atoms with Crippen molar-refractivity contribution in [1.82, 2.24) is 25.9 Å². The highest BCUT2D eigenvalue weighted by atomic mass is 35.5. The highest BCUT2D eigenvalue weighted by molar-refractivity contribution is 5.85. The quantitative estimate of drug-likeness (QED) is 0.673. The Bertz CT molecular complexity index is 574. The number of nitrogen functional groups attached to an aromatic ring is 1. The topological polar surface area (TPSA) is 110 Å². The Morgan fingerprint density at radius 2 is 2.18 bits per heavy atom. The van der Waals surface area contributed by atoms with Crippen molar-refractivity contribution in [1.29, 1.82) is 0 Å². The number of nitrogens with zero attached hydrogens (tertiary/aromatic N) is 3. The van der Waals surface area contributed by atoms with Crippen LogP contribution in [0.2, 0.25) is 0 Å². The highest BCUT2D eigenvalue weighted by Gasteiger charge is 2.17. The molecule has 4 N–H and O–H groups in total. The Kier molecular flexibility index (Phi) is 7.31. The van der Waals surface area contributed by atoms with Gasteiger partial charge in [0.2, 0.25) is 5.91 Å². The number of nitrogens with one attached hydrogen (secondary N) is 2. The molecule has 22 heavy (non-hydrogen) atoms. The van der Waals surface area contributed by atoms with Crippen LogP contribution in [0.1, 0.15) is 43.6 Å². The first-order chi connectivity index (χ1) is 10.2. The van der Waals surface area contributed by atoms with Crippen LogP contribution in [0.15, 0.2) is 24.3 Å². The number of rotatable bonds is 7. The normalized spacial score (nSPS) is 11.5. The number of carbonyl (C=O) groups excluding carboxylic acids is 1. The molecule has 1 heterocycles. The Morgan fingerprint density at radius 3 is 2.82 bits per heavy atom. The lowest BCUT2D eigenvalue weighted by molar-refractivity contribution is -0.121. The van der Waals surface area contributed by atoms with Crippen LogP contribution in [-0.2, 0) is 11.2 Å². The van der Waals surface area contributed by atoms with Gasteiger partial charge in [0.25, 0.3) is 0 Å². The van der Waals surface area contributed by atoms with E-state index in [-0.39, 0.29) is 24.4 Å². The molecule has 0 aliphatic heterocycles. The van der Waals surface area contributed by atoms with Gasteiger partial charge in [-0.3, -0.25) is 4.79 Å². The van der Waals surface area contributed by atoms with E-state index in [1.54, 1.807) is 0 Å². The summed E-state index contributed by atoms with van der Waals surface area (Å²) in [6, 6.07) is 7.38. The molecular formula is C14H21ClN6O. The monoisotopic (exact) mass is 324 g/mol. The average molecular weight is 325 g/mol. The second-order valence-corrected chi connectivity index (χ2v) is 4.88. The van der Waals surface area contributed by atoms with Gasteiger partial charge in [-0.05, 0) is 24.5 Å². The first kappa shape index (κ1) is 17.9. The van der Waals surface area contributed by atoms with Gasteiger partial charge in [0.05, 0.1) is 6.04 Å². The minimum absolute atomic E-state index is 0. The fourth-order valence-corrected chi connectivity index (χ4v) is 2.15. The zero-order chi connectivity index (χ0) is 15.1. The van der Waals surface area contributed by atoms with Crippen molar-refractivity contribution < 1.29 is 4.79 Å². The Morgan fingerprint density at radius 1 is 1.41 bits per heavy atom. The van der Waals surface area contributed by atoms with E-state index in [1.165, 1.54) is 0 Å². The maximum atomic E-state index is 12.1. The molecule has 1 amide bonds. The number of aromatic nitrogens is 4. The summed E-state index contributed by atoms with van der Waals surface area (Å²) >= 11 is 0. The number of para-hydroxylation sites is 1. The Hall–Kier alpha value is -2.15. The molecule has 7 nitrogen and oxygen atoms in total. The maximum absolute atomic E-state index is 12.1. The summed E-state index contributed by atoms with van der Waals surface area (Å²) in [6.07, 6.45) is 2.69. The van der Waals surface area contributed by atoms with Crippen molar-refractivity contribution in [3.8, 4) is 0 Å². The number of hydrogen-bond acceptors (Lipinski definition) is 5. The number of halogens is 1. The predicted octanol–water partition coefficient (Wildman–Crippen LogP) is 1.79. The van der Waals surface area contributed by atoms with Crippen molar-refractivity contribution in [3.05, 3.63) is 35.7 Å². The number of H-pyrrole nitrogens is 1. The Balaban J connectivity index is 0.00000242. The van der Waals surface area contributed by atoms with E-state index in [1.807, 2.05) is 31.2 Å². The summed E-state index contributed by atoms with van der Waals surface area (Å²) in [4.78, 5) is 12.1. The second-order valence-electron chi connectivity index (χ2n) is 4.88. The molecule has 1 aromatic heterocycles. The smallest absolute Gasteiger partial charge is 0.220 e. The van der Waals surface area contributed by atoms with E-state index in [4.69, 9.17) is 5.73 Å². The van der Waals surface area contributed by atoms with Crippen LogP contribution in [0.25, 0.3) is 0 Å². The standard InChI is InChI=1S/C14H20N6O.ClH/c1-2-5-12(14-17-19-20-18-14)16-13(21)9-8-10-6-3-4-7-11(10)15;/h3-4,6-7,12H,2,5,8-9,15H2,1H3,(H,16,21)(H,17,18,19,20);1H. The molecule has 0 aliphatic rings. The number of anilines is 1. The third-order valence-corrected chi connectivity index (χ3v) is 3.26. The van der Waals surface area contributed by atoms with Gasteiger partial charge in [0, 0.05) is 12.1 Å². The number of carbonyl (C=O) groups is 1. The van der Waals surface area contributed by atoms with Gasteiger partial charge in [-0.1, -0.05) is 36.8 Å². The average Bonchev–Trinajstić information content (AvgIpc) is 3.00. The number of nitrogens with two attached hydrogens (primary N) is 1. The lowest BCUT2D eigenvalue weighted by Gasteiger charge is -2.14. The number of benzene rings is 1. The van der Waals surface area contributed by atoms with Crippen molar-refractivity contribution >= 4 is 24.0 Å². The summed E-state index contributed by atoms with van der Waals surface area (Å²) in [5.74, 6) is 0.478. The van der Waals surface area contributed by atoms with E-state index in [0.717, 1.165) is 18.4 Å². The molecule has 0 saturated heterocycles. The zero-order valence-corrected chi connectivity index (χ0v) is 13.3. The van der Waals surface area contributed by atoms with Crippen molar-refractivity contribution in [2.45, 2.75) is 38.6 Å². The molecule has 2 rings (SSSR count). The lowest BCUT2D eigenvalue weighted by atomic mass is 10.1. The fourth-order valence-electron chi connectivity index (χ4n) is 2.15. The Labute approximate surface area is 135 Å².